The van der Waals surface area contributed by atoms with Gasteiger partial charge in [0.1, 0.15) is 5.56 Å². The topological polar surface area (TPSA) is 85.9 Å². The number of benzene rings is 1. The Morgan fingerprint density at radius 1 is 1.32 bits per heavy atom. The van der Waals surface area contributed by atoms with Crippen LogP contribution in [0.2, 0.25) is 0 Å². The Morgan fingerprint density at radius 3 is 2.63 bits per heavy atom. The summed E-state index contributed by atoms with van der Waals surface area (Å²) in [5, 5.41) is 0. The van der Waals surface area contributed by atoms with Crippen molar-refractivity contribution in [3.63, 3.8) is 0 Å². The van der Waals surface area contributed by atoms with E-state index in [0.717, 1.165) is 0 Å². The molecule has 0 aromatic heterocycles. The van der Waals surface area contributed by atoms with E-state index in [0.29, 0.717) is 22.6 Å². The average Bonchev–Trinajstić information content (AvgIpc) is 2.72. The molecule has 2 N–H and O–H groups in total. The van der Waals surface area contributed by atoms with E-state index in [1.165, 1.54) is 21.1 Å². The molecular weight excluding hydrogens is 252 g/mol. The van der Waals surface area contributed by atoms with Crippen molar-refractivity contribution in [1.82, 2.24) is 10.9 Å². The lowest BCUT2D eigenvalue weighted by Crippen LogP contribution is -2.38. The van der Waals surface area contributed by atoms with Crippen LogP contribution in [-0.2, 0) is 9.53 Å². The van der Waals surface area contributed by atoms with E-state index in [4.69, 9.17) is 14.2 Å². The molecule has 102 valence electrons. The summed E-state index contributed by atoms with van der Waals surface area (Å²) in [6.07, 6.45) is -0.744. The van der Waals surface area contributed by atoms with Gasteiger partial charge in [-0.2, -0.15) is 5.43 Å². The summed E-state index contributed by atoms with van der Waals surface area (Å²) >= 11 is 0. The van der Waals surface area contributed by atoms with E-state index < -0.39 is 12.2 Å². The van der Waals surface area contributed by atoms with Gasteiger partial charge in [-0.1, -0.05) is 0 Å². The van der Waals surface area contributed by atoms with Crippen molar-refractivity contribution in [1.29, 1.82) is 0 Å². The number of rotatable bonds is 4. The standard InChI is InChI=1S/C12H14N2O5/c1-6(15)13-14-11-7-4-5-8(17-2)10(18-3)9(7)12(16)19-11/h4-5,11,14H,1-3H3,(H,13,15)/t11-/m1/s1. The van der Waals surface area contributed by atoms with Gasteiger partial charge in [0.15, 0.2) is 17.7 Å². The number of hydrazine groups is 1. The van der Waals surface area contributed by atoms with Crippen molar-refractivity contribution in [3.05, 3.63) is 23.3 Å². The second-order valence-corrected chi connectivity index (χ2v) is 3.88. The van der Waals surface area contributed by atoms with Gasteiger partial charge in [0, 0.05) is 12.5 Å². The summed E-state index contributed by atoms with van der Waals surface area (Å²) in [6, 6.07) is 3.35. The quantitative estimate of drug-likeness (QED) is 0.610. The molecule has 0 spiro atoms. The first-order chi connectivity index (χ1) is 9.08. The first-order valence-electron chi connectivity index (χ1n) is 5.56. The summed E-state index contributed by atoms with van der Waals surface area (Å²) in [5.74, 6) is -0.0610. The monoisotopic (exact) mass is 266 g/mol. The minimum Gasteiger partial charge on any atom is -0.493 e. The fourth-order valence-corrected chi connectivity index (χ4v) is 1.88. The number of cyclic esters (lactones) is 1. The first-order valence-corrected chi connectivity index (χ1v) is 5.56. The van der Waals surface area contributed by atoms with Gasteiger partial charge in [0.25, 0.3) is 0 Å². The Balaban J connectivity index is 2.37. The highest BCUT2D eigenvalue weighted by atomic mass is 16.6. The summed E-state index contributed by atoms with van der Waals surface area (Å²) in [6.45, 7) is 1.35. The van der Waals surface area contributed by atoms with Crippen LogP contribution in [0.4, 0.5) is 0 Å². The van der Waals surface area contributed by atoms with E-state index in [-0.39, 0.29) is 5.91 Å². The molecule has 1 aromatic carbocycles. The number of nitrogens with one attached hydrogen (secondary N) is 2. The molecular formula is C12H14N2O5. The molecule has 0 bridgehead atoms. The summed E-state index contributed by atoms with van der Waals surface area (Å²) in [7, 11) is 2.93. The SMILES string of the molecule is COc1ccc2c(c1OC)C(=O)O[C@H]2NNC(C)=O. The van der Waals surface area contributed by atoms with Crippen molar-refractivity contribution < 1.29 is 23.8 Å². The average molecular weight is 266 g/mol. The van der Waals surface area contributed by atoms with Crippen LogP contribution in [0.1, 0.15) is 29.1 Å². The van der Waals surface area contributed by atoms with Crippen molar-refractivity contribution in [2.24, 2.45) is 0 Å². The normalized spacial score (nSPS) is 16.6. The van der Waals surface area contributed by atoms with Crippen LogP contribution in [-0.4, -0.2) is 26.1 Å². The van der Waals surface area contributed by atoms with Crippen LogP contribution < -0.4 is 20.3 Å². The molecule has 1 heterocycles. The molecule has 7 nitrogen and oxygen atoms in total. The predicted molar refractivity (Wildman–Crippen MR) is 64.7 cm³/mol. The molecule has 1 aliphatic heterocycles. The molecule has 0 aliphatic carbocycles. The minimum atomic E-state index is -0.744. The maximum Gasteiger partial charge on any atom is 0.344 e. The largest absolute Gasteiger partial charge is 0.493 e. The lowest BCUT2D eigenvalue weighted by molar-refractivity contribution is -0.121. The highest BCUT2D eigenvalue weighted by Gasteiger charge is 2.35. The van der Waals surface area contributed by atoms with Gasteiger partial charge in [-0.25, -0.2) is 4.79 Å². The van der Waals surface area contributed by atoms with Gasteiger partial charge in [-0.05, 0) is 12.1 Å². The Kier molecular flexibility index (Phi) is 3.57. The van der Waals surface area contributed by atoms with Crippen molar-refractivity contribution >= 4 is 11.9 Å². The van der Waals surface area contributed by atoms with Crippen LogP contribution in [0.3, 0.4) is 0 Å². The van der Waals surface area contributed by atoms with E-state index in [9.17, 15) is 9.59 Å². The van der Waals surface area contributed by atoms with Crippen LogP contribution >= 0.6 is 0 Å². The number of carbonyl (C=O) groups is 2. The zero-order chi connectivity index (χ0) is 14.0. The number of hydrogen-bond acceptors (Lipinski definition) is 6. The van der Waals surface area contributed by atoms with E-state index in [1.807, 2.05) is 0 Å². The highest BCUT2D eigenvalue weighted by molar-refractivity contribution is 5.98. The second-order valence-electron chi connectivity index (χ2n) is 3.88. The number of carbonyl (C=O) groups excluding carboxylic acids is 2. The predicted octanol–water partition coefficient (Wildman–Crippen LogP) is 0.513. The summed E-state index contributed by atoms with van der Waals surface area (Å²) < 4.78 is 15.4. The molecule has 1 amide bonds. The van der Waals surface area contributed by atoms with E-state index in [1.54, 1.807) is 12.1 Å². The molecule has 0 fully saturated rings. The Hall–Kier alpha value is -2.28. The van der Waals surface area contributed by atoms with Crippen LogP contribution in [0.5, 0.6) is 11.5 Å². The third-order valence-electron chi connectivity index (χ3n) is 2.67. The third kappa shape index (κ3) is 2.32. The molecule has 0 saturated carbocycles. The van der Waals surface area contributed by atoms with Gasteiger partial charge < -0.3 is 14.2 Å². The molecule has 1 atom stereocenters. The molecule has 2 rings (SSSR count). The summed E-state index contributed by atoms with van der Waals surface area (Å²) in [4.78, 5) is 22.7. The van der Waals surface area contributed by atoms with Crippen molar-refractivity contribution in [2.45, 2.75) is 13.2 Å². The number of hydrogen-bond donors (Lipinski definition) is 2. The van der Waals surface area contributed by atoms with E-state index >= 15 is 0 Å². The van der Waals surface area contributed by atoms with Gasteiger partial charge in [0.05, 0.1) is 14.2 Å². The fraction of sp³-hybridized carbons (Fsp3) is 0.333. The molecule has 0 radical (unpaired) electrons. The zero-order valence-corrected chi connectivity index (χ0v) is 10.8. The first kappa shape index (κ1) is 13.2. The van der Waals surface area contributed by atoms with Crippen LogP contribution in [0.15, 0.2) is 12.1 Å². The van der Waals surface area contributed by atoms with Gasteiger partial charge in [0.2, 0.25) is 5.91 Å². The molecule has 1 aliphatic rings. The molecule has 0 unspecified atom stereocenters. The fourth-order valence-electron chi connectivity index (χ4n) is 1.88. The van der Waals surface area contributed by atoms with Crippen LogP contribution in [0, 0.1) is 0 Å². The van der Waals surface area contributed by atoms with Gasteiger partial charge in [-0.15, -0.1) is 0 Å². The van der Waals surface area contributed by atoms with Gasteiger partial charge >= 0.3 is 5.97 Å². The lowest BCUT2D eigenvalue weighted by Gasteiger charge is -2.13. The maximum absolute atomic E-state index is 11.9. The Bertz CT molecular complexity index is 529. The molecule has 19 heavy (non-hydrogen) atoms. The van der Waals surface area contributed by atoms with Gasteiger partial charge in [-0.3, -0.25) is 10.2 Å². The third-order valence-corrected chi connectivity index (χ3v) is 2.67. The molecule has 1 aromatic rings. The number of methoxy groups -OCH3 is 2. The smallest absolute Gasteiger partial charge is 0.344 e. The van der Waals surface area contributed by atoms with E-state index in [2.05, 4.69) is 10.9 Å². The lowest BCUT2D eigenvalue weighted by atomic mass is 10.1. The summed E-state index contributed by atoms with van der Waals surface area (Å²) in [5.41, 5.74) is 5.87. The zero-order valence-electron chi connectivity index (χ0n) is 10.8. The second kappa shape index (κ2) is 5.15. The minimum absolute atomic E-state index is 0.287. The molecule has 0 saturated heterocycles. The number of fused-ring (bicyclic) bond motifs is 1. The number of esters is 1. The number of amides is 1. The van der Waals surface area contributed by atoms with Crippen molar-refractivity contribution in [2.75, 3.05) is 14.2 Å². The van der Waals surface area contributed by atoms with Crippen molar-refractivity contribution in [3.8, 4) is 11.5 Å². The highest BCUT2D eigenvalue weighted by Crippen LogP contribution is 2.40. The Labute approximate surface area is 109 Å². The number of ether oxygens (including phenoxy) is 3. The van der Waals surface area contributed by atoms with Crippen LogP contribution in [0.25, 0.3) is 0 Å². The maximum atomic E-state index is 11.9. The molecule has 7 heteroatoms. The Morgan fingerprint density at radius 2 is 2.05 bits per heavy atom.